The fourth-order valence-corrected chi connectivity index (χ4v) is 2.06. The third kappa shape index (κ3) is 9.03. The molecule has 0 radical (unpaired) electrons. The first kappa shape index (κ1) is 21.4. The van der Waals surface area contributed by atoms with E-state index in [0.29, 0.717) is 6.54 Å². The number of alkyl carbamates (subject to hydrolysis) is 1. The summed E-state index contributed by atoms with van der Waals surface area (Å²) in [5.74, 6) is -0.788. The van der Waals surface area contributed by atoms with E-state index < -0.39 is 23.6 Å². The van der Waals surface area contributed by atoms with E-state index in [1.165, 1.54) is 0 Å². The van der Waals surface area contributed by atoms with Crippen LogP contribution in [0.4, 0.5) is 4.79 Å². The van der Waals surface area contributed by atoms with Gasteiger partial charge in [-0.3, -0.25) is 9.59 Å². The molecule has 0 heterocycles. The van der Waals surface area contributed by atoms with Crippen molar-refractivity contribution in [3.8, 4) is 0 Å². The maximum absolute atomic E-state index is 12.4. The Hall–Kier alpha value is -2.61. The molecule has 0 fully saturated rings. The van der Waals surface area contributed by atoms with Crippen LogP contribution in [0.2, 0.25) is 0 Å². The summed E-state index contributed by atoms with van der Waals surface area (Å²) in [6.07, 6.45) is -0.364. The van der Waals surface area contributed by atoms with E-state index in [1.54, 1.807) is 20.8 Å². The maximum atomic E-state index is 12.4. The molecule has 1 aromatic rings. The van der Waals surface area contributed by atoms with Gasteiger partial charge in [-0.15, -0.1) is 0 Å². The fraction of sp³-hybridized carbons (Fsp3) is 0.500. The van der Waals surface area contributed by atoms with Crippen molar-refractivity contribution in [2.75, 3.05) is 13.1 Å². The van der Waals surface area contributed by atoms with E-state index in [4.69, 9.17) is 10.5 Å². The van der Waals surface area contributed by atoms with Crippen molar-refractivity contribution < 1.29 is 19.1 Å². The second kappa shape index (κ2) is 10.4. The lowest BCUT2D eigenvalue weighted by atomic mass is 10.1. The van der Waals surface area contributed by atoms with E-state index in [0.717, 1.165) is 5.56 Å². The van der Waals surface area contributed by atoms with Crippen LogP contribution >= 0.6 is 0 Å². The molecule has 0 aliphatic rings. The molecule has 0 aromatic heterocycles. The van der Waals surface area contributed by atoms with E-state index in [1.807, 2.05) is 30.3 Å². The van der Waals surface area contributed by atoms with Crippen LogP contribution in [0.3, 0.4) is 0 Å². The molecule has 144 valence electrons. The summed E-state index contributed by atoms with van der Waals surface area (Å²) in [6, 6.07) is 8.61. The molecule has 3 amide bonds. The summed E-state index contributed by atoms with van der Waals surface area (Å²) in [7, 11) is 0. The minimum atomic E-state index is -0.801. The maximum Gasteiger partial charge on any atom is 0.407 e. The van der Waals surface area contributed by atoms with Gasteiger partial charge in [0, 0.05) is 13.1 Å². The molecular formula is C18H28N4O4. The highest BCUT2D eigenvalue weighted by Crippen LogP contribution is 2.06. The topological polar surface area (TPSA) is 123 Å². The van der Waals surface area contributed by atoms with Crippen LogP contribution in [0.15, 0.2) is 30.3 Å². The van der Waals surface area contributed by atoms with Crippen LogP contribution in [-0.2, 0) is 20.9 Å². The Kier molecular flexibility index (Phi) is 8.57. The molecule has 0 bridgehead atoms. The lowest BCUT2D eigenvalue weighted by Gasteiger charge is -2.21. The predicted molar refractivity (Wildman–Crippen MR) is 98.1 cm³/mol. The van der Waals surface area contributed by atoms with Gasteiger partial charge in [0.2, 0.25) is 11.8 Å². The summed E-state index contributed by atoms with van der Waals surface area (Å²) in [4.78, 5) is 35.6. The molecule has 26 heavy (non-hydrogen) atoms. The number of hydrogen-bond acceptors (Lipinski definition) is 5. The molecule has 1 rings (SSSR count). The molecule has 0 aliphatic heterocycles. The average molecular weight is 364 g/mol. The van der Waals surface area contributed by atoms with Crippen LogP contribution in [0, 0.1) is 0 Å². The van der Waals surface area contributed by atoms with Gasteiger partial charge in [-0.1, -0.05) is 30.3 Å². The minimum absolute atomic E-state index is 0.170. The first-order valence-electron chi connectivity index (χ1n) is 8.49. The lowest BCUT2D eigenvalue weighted by molar-refractivity contribution is -0.128. The number of amides is 3. The SMILES string of the molecule is CC(C)(C)OC(=O)NCCC(NC(=O)CN)C(=O)NCc1ccccc1. The van der Waals surface area contributed by atoms with E-state index in [2.05, 4.69) is 16.0 Å². The van der Waals surface area contributed by atoms with Crippen LogP contribution < -0.4 is 21.7 Å². The normalized spacial score (nSPS) is 12.0. The Morgan fingerprint density at radius 3 is 2.35 bits per heavy atom. The molecule has 8 heteroatoms. The molecule has 0 spiro atoms. The van der Waals surface area contributed by atoms with Gasteiger partial charge < -0.3 is 26.4 Å². The van der Waals surface area contributed by atoms with Crippen molar-refractivity contribution in [3.05, 3.63) is 35.9 Å². The lowest BCUT2D eigenvalue weighted by Crippen LogP contribution is -2.49. The molecule has 1 atom stereocenters. The predicted octanol–water partition coefficient (Wildman–Crippen LogP) is 0.661. The largest absolute Gasteiger partial charge is 0.444 e. The van der Waals surface area contributed by atoms with Crippen LogP contribution in [-0.4, -0.2) is 42.6 Å². The van der Waals surface area contributed by atoms with Crippen molar-refractivity contribution in [1.29, 1.82) is 0 Å². The zero-order chi connectivity index (χ0) is 19.6. The number of nitrogens with two attached hydrogens (primary N) is 1. The number of hydrogen-bond donors (Lipinski definition) is 4. The smallest absolute Gasteiger partial charge is 0.407 e. The fourth-order valence-electron chi connectivity index (χ4n) is 2.06. The quantitative estimate of drug-likeness (QED) is 0.540. The Morgan fingerprint density at radius 1 is 1.12 bits per heavy atom. The zero-order valence-electron chi connectivity index (χ0n) is 15.5. The first-order chi connectivity index (χ1) is 12.2. The third-order valence-corrected chi connectivity index (χ3v) is 3.25. The second-order valence-corrected chi connectivity index (χ2v) is 6.74. The summed E-state index contributed by atoms with van der Waals surface area (Å²) >= 11 is 0. The Morgan fingerprint density at radius 2 is 1.77 bits per heavy atom. The van der Waals surface area contributed by atoms with Gasteiger partial charge in [0.15, 0.2) is 0 Å². The number of carbonyl (C=O) groups excluding carboxylic acids is 3. The van der Waals surface area contributed by atoms with Gasteiger partial charge in [0.05, 0.1) is 6.54 Å². The van der Waals surface area contributed by atoms with Crippen molar-refractivity contribution in [3.63, 3.8) is 0 Å². The number of nitrogens with one attached hydrogen (secondary N) is 3. The van der Waals surface area contributed by atoms with Gasteiger partial charge in [-0.2, -0.15) is 0 Å². The van der Waals surface area contributed by atoms with Crippen LogP contribution in [0.1, 0.15) is 32.8 Å². The van der Waals surface area contributed by atoms with Gasteiger partial charge in [-0.05, 0) is 32.8 Å². The molecule has 5 N–H and O–H groups in total. The highest BCUT2D eigenvalue weighted by Gasteiger charge is 2.21. The molecule has 8 nitrogen and oxygen atoms in total. The van der Waals surface area contributed by atoms with Crippen molar-refractivity contribution in [2.45, 2.75) is 45.4 Å². The third-order valence-electron chi connectivity index (χ3n) is 3.25. The molecule has 1 unspecified atom stereocenters. The standard InChI is InChI=1S/C18H28N4O4/c1-18(2,3)26-17(25)20-10-9-14(22-15(23)11-19)16(24)21-12-13-7-5-4-6-8-13/h4-8,14H,9-12,19H2,1-3H3,(H,20,25)(H,21,24)(H,22,23). The molecule has 0 aliphatic carbocycles. The summed E-state index contributed by atoms with van der Waals surface area (Å²) in [5, 5.41) is 7.89. The molecule has 0 saturated heterocycles. The number of ether oxygens (including phenoxy) is 1. The van der Waals surface area contributed by atoms with Crippen molar-refractivity contribution in [1.82, 2.24) is 16.0 Å². The summed E-state index contributed by atoms with van der Waals surface area (Å²) in [6.45, 7) is 5.56. The number of rotatable bonds is 8. The summed E-state index contributed by atoms with van der Waals surface area (Å²) < 4.78 is 5.13. The van der Waals surface area contributed by atoms with Gasteiger partial charge in [0.1, 0.15) is 11.6 Å². The van der Waals surface area contributed by atoms with E-state index in [-0.39, 0.29) is 25.4 Å². The Labute approximate surface area is 153 Å². The van der Waals surface area contributed by atoms with Crippen LogP contribution in [0.5, 0.6) is 0 Å². The minimum Gasteiger partial charge on any atom is -0.444 e. The number of carbonyl (C=O) groups is 3. The van der Waals surface area contributed by atoms with Gasteiger partial charge in [-0.25, -0.2) is 4.79 Å². The van der Waals surface area contributed by atoms with Gasteiger partial charge in [0.25, 0.3) is 0 Å². The zero-order valence-corrected chi connectivity index (χ0v) is 15.5. The second-order valence-electron chi connectivity index (χ2n) is 6.74. The first-order valence-corrected chi connectivity index (χ1v) is 8.49. The number of benzene rings is 1. The average Bonchev–Trinajstić information content (AvgIpc) is 2.57. The Balaban J connectivity index is 2.53. The highest BCUT2D eigenvalue weighted by atomic mass is 16.6. The monoisotopic (exact) mass is 364 g/mol. The van der Waals surface area contributed by atoms with Crippen molar-refractivity contribution in [2.24, 2.45) is 5.73 Å². The summed E-state index contributed by atoms with van der Waals surface area (Å²) in [5.41, 5.74) is 5.63. The highest BCUT2D eigenvalue weighted by molar-refractivity contribution is 5.88. The van der Waals surface area contributed by atoms with Crippen molar-refractivity contribution >= 4 is 17.9 Å². The molecule has 0 saturated carbocycles. The molecular weight excluding hydrogens is 336 g/mol. The molecule has 1 aromatic carbocycles. The van der Waals surface area contributed by atoms with Crippen LogP contribution in [0.25, 0.3) is 0 Å². The Bertz CT molecular complexity index is 599. The van der Waals surface area contributed by atoms with Gasteiger partial charge >= 0.3 is 6.09 Å². The van der Waals surface area contributed by atoms with E-state index in [9.17, 15) is 14.4 Å². The van der Waals surface area contributed by atoms with E-state index >= 15 is 0 Å².